The molecule has 0 fully saturated rings. The highest BCUT2D eigenvalue weighted by Gasteiger charge is 2.12. The normalized spacial score (nSPS) is 13.7. The highest BCUT2D eigenvalue weighted by Crippen LogP contribution is 2.27. The summed E-state index contributed by atoms with van der Waals surface area (Å²) in [7, 11) is 0. The average Bonchev–Trinajstić information content (AvgIpc) is 2.46. The monoisotopic (exact) mass is 251 g/mol. The molecule has 1 heteroatoms. The second-order valence-electron chi connectivity index (χ2n) is 5.41. The molecular formula is C18H21N. The first-order valence-electron chi connectivity index (χ1n) is 7.24. The van der Waals surface area contributed by atoms with Crippen molar-refractivity contribution < 1.29 is 0 Å². The van der Waals surface area contributed by atoms with E-state index in [1.54, 1.807) is 0 Å². The lowest BCUT2D eigenvalue weighted by Gasteiger charge is -2.21. The fourth-order valence-electron chi connectivity index (χ4n) is 2.95. The molecule has 1 N–H and O–H groups in total. The first kappa shape index (κ1) is 12.3. The number of nitrogens with one attached hydrogen (secondary N) is 1. The van der Waals surface area contributed by atoms with Crippen molar-refractivity contribution in [1.82, 2.24) is 0 Å². The summed E-state index contributed by atoms with van der Waals surface area (Å²) in [4.78, 5) is 0. The van der Waals surface area contributed by atoms with Crippen LogP contribution in [-0.4, -0.2) is 6.54 Å². The molecule has 1 aliphatic heterocycles. The zero-order valence-corrected chi connectivity index (χ0v) is 11.6. The van der Waals surface area contributed by atoms with Crippen LogP contribution in [0.2, 0.25) is 0 Å². The fourth-order valence-corrected chi connectivity index (χ4v) is 2.95. The molecule has 0 aromatic heterocycles. The van der Waals surface area contributed by atoms with E-state index < -0.39 is 0 Å². The van der Waals surface area contributed by atoms with E-state index in [2.05, 4.69) is 54.7 Å². The number of benzene rings is 2. The van der Waals surface area contributed by atoms with E-state index in [1.807, 2.05) is 0 Å². The van der Waals surface area contributed by atoms with Gasteiger partial charge in [-0.2, -0.15) is 0 Å². The Bertz CT molecular complexity index is 572. The maximum absolute atomic E-state index is 3.58. The summed E-state index contributed by atoms with van der Waals surface area (Å²) >= 11 is 0. The standard InChI is InChI=1S/C18H21N/c1-14-6-2-3-7-15(14)11-12-17-9-4-8-16-10-5-13-19-18(16)17/h2-4,6-9,19H,5,10-13H2,1H3. The Balaban J connectivity index is 1.79. The van der Waals surface area contributed by atoms with Crippen LogP contribution in [0.5, 0.6) is 0 Å². The highest BCUT2D eigenvalue weighted by atomic mass is 14.9. The van der Waals surface area contributed by atoms with Gasteiger partial charge in [-0.25, -0.2) is 0 Å². The summed E-state index contributed by atoms with van der Waals surface area (Å²) in [5.41, 5.74) is 7.24. The molecule has 1 heterocycles. The second-order valence-corrected chi connectivity index (χ2v) is 5.41. The molecule has 1 nitrogen and oxygen atoms in total. The van der Waals surface area contributed by atoms with Gasteiger partial charge < -0.3 is 5.32 Å². The van der Waals surface area contributed by atoms with Gasteiger partial charge in [-0.1, -0.05) is 42.5 Å². The topological polar surface area (TPSA) is 12.0 Å². The Labute approximate surface area is 115 Å². The molecule has 0 radical (unpaired) electrons. The fraction of sp³-hybridized carbons (Fsp3) is 0.333. The predicted octanol–water partition coefficient (Wildman–Crippen LogP) is 4.14. The number of anilines is 1. The molecule has 1 aliphatic rings. The minimum absolute atomic E-state index is 1.12. The third kappa shape index (κ3) is 2.65. The van der Waals surface area contributed by atoms with Crippen LogP contribution in [0.4, 0.5) is 5.69 Å². The van der Waals surface area contributed by atoms with Crippen molar-refractivity contribution >= 4 is 5.69 Å². The van der Waals surface area contributed by atoms with Crippen molar-refractivity contribution in [3.05, 3.63) is 64.7 Å². The molecule has 19 heavy (non-hydrogen) atoms. The lowest BCUT2D eigenvalue weighted by atomic mass is 9.95. The Hall–Kier alpha value is -1.76. The quantitative estimate of drug-likeness (QED) is 0.864. The van der Waals surface area contributed by atoms with Crippen molar-refractivity contribution in [2.24, 2.45) is 0 Å². The summed E-state index contributed by atoms with van der Waals surface area (Å²) < 4.78 is 0. The molecule has 98 valence electrons. The Morgan fingerprint density at radius 2 is 1.74 bits per heavy atom. The number of rotatable bonds is 3. The van der Waals surface area contributed by atoms with Crippen molar-refractivity contribution in [3.8, 4) is 0 Å². The smallest absolute Gasteiger partial charge is 0.0405 e. The molecule has 0 unspecified atom stereocenters. The average molecular weight is 251 g/mol. The number of aryl methyl sites for hydroxylation is 4. The van der Waals surface area contributed by atoms with Gasteiger partial charge in [0.15, 0.2) is 0 Å². The first-order valence-corrected chi connectivity index (χ1v) is 7.24. The van der Waals surface area contributed by atoms with Crippen LogP contribution in [0.25, 0.3) is 0 Å². The van der Waals surface area contributed by atoms with Crippen molar-refractivity contribution in [3.63, 3.8) is 0 Å². The SMILES string of the molecule is Cc1ccccc1CCc1cccc2c1NCCC2. The third-order valence-electron chi connectivity index (χ3n) is 4.09. The summed E-state index contributed by atoms with van der Waals surface area (Å²) in [6.07, 6.45) is 4.74. The molecule has 0 amide bonds. The summed E-state index contributed by atoms with van der Waals surface area (Å²) in [6, 6.07) is 15.4. The maximum Gasteiger partial charge on any atom is 0.0405 e. The second kappa shape index (κ2) is 5.48. The summed E-state index contributed by atoms with van der Waals surface area (Å²) in [5, 5.41) is 3.58. The Kier molecular flexibility index (Phi) is 3.54. The molecule has 0 aliphatic carbocycles. The Morgan fingerprint density at radius 3 is 2.63 bits per heavy atom. The van der Waals surface area contributed by atoms with Crippen molar-refractivity contribution in [1.29, 1.82) is 0 Å². The molecule has 0 bridgehead atoms. The van der Waals surface area contributed by atoms with Gasteiger partial charge >= 0.3 is 0 Å². The van der Waals surface area contributed by atoms with Gasteiger partial charge in [0.25, 0.3) is 0 Å². The van der Waals surface area contributed by atoms with Crippen LogP contribution < -0.4 is 5.32 Å². The van der Waals surface area contributed by atoms with E-state index in [4.69, 9.17) is 0 Å². The molecule has 2 aromatic rings. The largest absolute Gasteiger partial charge is 0.385 e. The van der Waals surface area contributed by atoms with Gasteiger partial charge in [-0.15, -0.1) is 0 Å². The first-order chi connectivity index (χ1) is 9.34. The number of hydrogen-bond acceptors (Lipinski definition) is 1. The van der Waals surface area contributed by atoms with Crippen LogP contribution in [0.15, 0.2) is 42.5 Å². The molecule has 0 saturated carbocycles. The number of hydrogen-bond donors (Lipinski definition) is 1. The van der Waals surface area contributed by atoms with E-state index in [0.717, 1.165) is 19.4 Å². The zero-order chi connectivity index (χ0) is 13.1. The van der Waals surface area contributed by atoms with Gasteiger partial charge in [0.05, 0.1) is 0 Å². The summed E-state index contributed by atoms with van der Waals surface area (Å²) in [6.45, 7) is 3.32. The van der Waals surface area contributed by atoms with E-state index in [9.17, 15) is 0 Å². The van der Waals surface area contributed by atoms with Crippen LogP contribution in [0, 0.1) is 6.92 Å². The molecule has 0 saturated heterocycles. The highest BCUT2D eigenvalue weighted by molar-refractivity contribution is 5.59. The van der Waals surface area contributed by atoms with Gasteiger partial charge in [0, 0.05) is 12.2 Å². The van der Waals surface area contributed by atoms with E-state index in [-0.39, 0.29) is 0 Å². The minimum Gasteiger partial charge on any atom is -0.385 e. The molecule has 0 spiro atoms. The maximum atomic E-state index is 3.58. The van der Waals surface area contributed by atoms with Crippen molar-refractivity contribution in [2.45, 2.75) is 32.6 Å². The summed E-state index contributed by atoms with van der Waals surface area (Å²) in [5.74, 6) is 0. The Morgan fingerprint density at radius 1 is 0.947 bits per heavy atom. The van der Waals surface area contributed by atoms with Gasteiger partial charge in [-0.3, -0.25) is 0 Å². The third-order valence-corrected chi connectivity index (χ3v) is 4.09. The van der Waals surface area contributed by atoms with Gasteiger partial charge in [-0.05, 0) is 54.9 Å². The van der Waals surface area contributed by atoms with Crippen LogP contribution in [0.1, 0.15) is 28.7 Å². The van der Waals surface area contributed by atoms with E-state index >= 15 is 0 Å². The van der Waals surface area contributed by atoms with Gasteiger partial charge in [0.1, 0.15) is 0 Å². The molecular weight excluding hydrogens is 230 g/mol. The van der Waals surface area contributed by atoms with Crippen LogP contribution >= 0.6 is 0 Å². The molecule has 3 rings (SSSR count). The van der Waals surface area contributed by atoms with E-state index in [1.165, 1.54) is 40.8 Å². The minimum atomic E-state index is 1.12. The van der Waals surface area contributed by atoms with E-state index in [0.29, 0.717) is 0 Å². The molecule has 2 aromatic carbocycles. The number of para-hydroxylation sites is 1. The van der Waals surface area contributed by atoms with Crippen LogP contribution in [-0.2, 0) is 19.3 Å². The predicted molar refractivity (Wildman–Crippen MR) is 81.8 cm³/mol. The molecule has 0 atom stereocenters. The number of fused-ring (bicyclic) bond motifs is 1. The van der Waals surface area contributed by atoms with Crippen LogP contribution in [0.3, 0.4) is 0 Å². The lowest BCUT2D eigenvalue weighted by Crippen LogP contribution is -2.14. The van der Waals surface area contributed by atoms with Gasteiger partial charge in [0.2, 0.25) is 0 Å². The van der Waals surface area contributed by atoms with Crippen molar-refractivity contribution in [2.75, 3.05) is 11.9 Å². The lowest BCUT2D eigenvalue weighted by molar-refractivity contribution is 0.819. The zero-order valence-electron chi connectivity index (χ0n) is 11.6.